The van der Waals surface area contributed by atoms with Crippen molar-refractivity contribution in [3.05, 3.63) is 58.9 Å². The molecule has 0 aliphatic heterocycles. The van der Waals surface area contributed by atoms with E-state index in [2.05, 4.69) is 17.4 Å². The number of carbonyl (C=O) groups excluding carboxylic acids is 1. The number of esters is 1. The minimum absolute atomic E-state index is 0.0590. The lowest BCUT2D eigenvalue weighted by atomic mass is 10.1. The van der Waals surface area contributed by atoms with Gasteiger partial charge in [-0.2, -0.15) is 12.6 Å². The monoisotopic (exact) mass is 447 g/mol. The molecule has 1 atom stereocenters. The number of sulfonamides is 1. The Morgan fingerprint density at radius 1 is 1.25 bits per heavy atom. The van der Waals surface area contributed by atoms with Crippen molar-refractivity contribution in [1.82, 2.24) is 4.72 Å². The Morgan fingerprint density at radius 2 is 1.93 bits per heavy atom. The standard InChI is InChI=1S/C18H19ClFNO5S2/c1-2-25-18(22)11-26-16-8-3-12(9-15(16)20)17(27)10-21-28(23,24)14-6-4-13(19)5-7-14/h3-9,17,21,27H,2,10-11H2,1H3. The van der Waals surface area contributed by atoms with E-state index in [-0.39, 0.29) is 23.8 Å². The molecule has 0 heterocycles. The van der Waals surface area contributed by atoms with Crippen LogP contribution in [0, 0.1) is 5.82 Å². The highest BCUT2D eigenvalue weighted by atomic mass is 35.5. The molecule has 0 spiro atoms. The van der Waals surface area contributed by atoms with Crippen molar-refractivity contribution < 1.29 is 27.1 Å². The van der Waals surface area contributed by atoms with Crippen LogP contribution in [-0.2, 0) is 19.6 Å². The van der Waals surface area contributed by atoms with Gasteiger partial charge in [-0.05, 0) is 48.9 Å². The van der Waals surface area contributed by atoms with Crippen LogP contribution < -0.4 is 9.46 Å². The Labute approximate surface area is 173 Å². The highest BCUT2D eigenvalue weighted by Gasteiger charge is 2.17. The van der Waals surface area contributed by atoms with Gasteiger partial charge in [-0.25, -0.2) is 22.3 Å². The van der Waals surface area contributed by atoms with Crippen LogP contribution in [0.1, 0.15) is 17.7 Å². The predicted octanol–water partition coefficient (Wildman–Crippen LogP) is 3.37. The van der Waals surface area contributed by atoms with E-state index in [1.165, 1.54) is 42.5 Å². The summed E-state index contributed by atoms with van der Waals surface area (Å²) in [7, 11) is -3.75. The number of thiol groups is 1. The molecule has 0 radical (unpaired) electrons. The van der Waals surface area contributed by atoms with Crippen LogP contribution in [0.2, 0.25) is 5.02 Å². The van der Waals surface area contributed by atoms with Crippen molar-refractivity contribution in [3.8, 4) is 5.75 Å². The average molecular weight is 448 g/mol. The van der Waals surface area contributed by atoms with E-state index in [4.69, 9.17) is 21.1 Å². The number of benzene rings is 2. The maximum atomic E-state index is 14.2. The molecular formula is C18H19ClFNO5S2. The first kappa shape index (κ1) is 22.5. The van der Waals surface area contributed by atoms with Crippen LogP contribution >= 0.6 is 24.2 Å². The summed E-state index contributed by atoms with van der Waals surface area (Å²) in [5, 5.41) is -0.178. The second-order valence-corrected chi connectivity index (χ2v) is 8.43. The van der Waals surface area contributed by atoms with E-state index >= 15 is 0 Å². The van der Waals surface area contributed by atoms with Gasteiger partial charge in [0.25, 0.3) is 0 Å². The molecule has 0 fully saturated rings. The average Bonchev–Trinajstić information content (AvgIpc) is 2.65. The van der Waals surface area contributed by atoms with Gasteiger partial charge >= 0.3 is 5.97 Å². The Morgan fingerprint density at radius 3 is 2.54 bits per heavy atom. The van der Waals surface area contributed by atoms with Crippen molar-refractivity contribution in [2.24, 2.45) is 0 Å². The summed E-state index contributed by atoms with van der Waals surface area (Å²) in [6.45, 7) is 1.39. The van der Waals surface area contributed by atoms with Crippen molar-refractivity contribution in [3.63, 3.8) is 0 Å². The highest BCUT2D eigenvalue weighted by Crippen LogP contribution is 2.26. The third kappa shape index (κ3) is 6.37. The summed E-state index contributed by atoms with van der Waals surface area (Å²) < 4.78 is 50.9. The van der Waals surface area contributed by atoms with Crippen LogP contribution in [0.3, 0.4) is 0 Å². The van der Waals surface area contributed by atoms with Gasteiger partial charge in [0.05, 0.1) is 11.5 Å². The number of hydrogen-bond donors (Lipinski definition) is 2. The molecule has 0 aliphatic carbocycles. The lowest BCUT2D eigenvalue weighted by molar-refractivity contribution is -0.145. The lowest BCUT2D eigenvalue weighted by Gasteiger charge is -2.14. The molecule has 152 valence electrons. The minimum atomic E-state index is -3.75. The molecule has 0 aliphatic rings. The summed E-state index contributed by atoms with van der Waals surface area (Å²) in [6, 6.07) is 9.77. The maximum absolute atomic E-state index is 14.2. The molecule has 6 nitrogen and oxygen atoms in total. The van der Waals surface area contributed by atoms with Crippen LogP contribution in [-0.4, -0.2) is 34.1 Å². The van der Waals surface area contributed by atoms with Crippen LogP contribution in [0.5, 0.6) is 5.75 Å². The van der Waals surface area contributed by atoms with Crippen LogP contribution in [0.4, 0.5) is 4.39 Å². The Kier molecular flexibility index (Phi) is 8.11. The number of hydrogen-bond acceptors (Lipinski definition) is 6. The fourth-order valence-corrected chi connectivity index (χ4v) is 3.73. The second kappa shape index (κ2) is 10.1. The molecule has 0 amide bonds. The van der Waals surface area contributed by atoms with Gasteiger partial charge in [-0.1, -0.05) is 17.7 Å². The van der Waals surface area contributed by atoms with Gasteiger partial charge < -0.3 is 9.47 Å². The fraction of sp³-hybridized carbons (Fsp3) is 0.278. The first-order chi connectivity index (χ1) is 13.2. The summed E-state index contributed by atoms with van der Waals surface area (Å²) in [5.41, 5.74) is 0.447. The van der Waals surface area contributed by atoms with Gasteiger partial charge in [0.15, 0.2) is 18.2 Å². The summed E-state index contributed by atoms with van der Waals surface area (Å²) in [4.78, 5) is 11.3. The number of rotatable bonds is 9. The fourth-order valence-electron chi connectivity index (χ4n) is 2.18. The van der Waals surface area contributed by atoms with E-state index in [9.17, 15) is 17.6 Å². The van der Waals surface area contributed by atoms with Gasteiger partial charge in [0, 0.05) is 16.8 Å². The molecule has 0 saturated carbocycles. The molecule has 2 aromatic carbocycles. The van der Waals surface area contributed by atoms with Crippen molar-refractivity contribution >= 4 is 40.2 Å². The Hall–Kier alpha value is -1.81. The van der Waals surface area contributed by atoms with Crippen LogP contribution in [0.15, 0.2) is 47.4 Å². The number of halogens is 2. The van der Waals surface area contributed by atoms with Crippen LogP contribution in [0.25, 0.3) is 0 Å². The predicted molar refractivity (Wildman–Crippen MR) is 107 cm³/mol. The SMILES string of the molecule is CCOC(=O)COc1ccc(C(S)CNS(=O)(=O)c2ccc(Cl)cc2)cc1F. The maximum Gasteiger partial charge on any atom is 0.344 e. The summed E-state index contributed by atoms with van der Waals surface area (Å²) in [6.07, 6.45) is 0. The largest absolute Gasteiger partial charge is 0.479 e. The number of carbonyl (C=O) groups is 1. The minimum Gasteiger partial charge on any atom is -0.479 e. The van der Waals surface area contributed by atoms with Crippen molar-refractivity contribution in [2.75, 3.05) is 19.8 Å². The van der Waals surface area contributed by atoms with E-state index in [1.54, 1.807) is 6.92 Å². The van der Waals surface area contributed by atoms with Gasteiger partial charge in [-0.15, -0.1) is 0 Å². The molecule has 2 aromatic rings. The topological polar surface area (TPSA) is 81.7 Å². The third-order valence-electron chi connectivity index (χ3n) is 3.58. The van der Waals surface area contributed by atoms with E-state index in [0.29, 0.717) is 10.6 Å². The molecule has 10 heteroatoms. The zero-order chi connectivity index (χ0) is 20.7. The van der Waals surface area contributed by atoms with Crippen molar-refractivity contribution in [2.45, 2.75) is 17.1 Å². The molecule has 1 N–H and O–H groups in total. The second-order valence-electron chi connectivity index (χ2n) is 5.61. The smallest absolute Gasteiger partial charge is 0.344 e. The first-order valence-electron chi connectivity index (χ1n) is 8.24. The molecule has 0 aromatic heterocycles. The molecule has 2 rings (SSSR count). The van der Waals surface area contributed by atoms with Crippen molar-refractivity contribution in [1.29, 1.82) is 0 Å². The normalized spacial score (nSPS) is 12.4. The van der Waals surface area contributed by atoms with Gasteiger partial charge in [-0.3, -0.25) is 0 Å². The summed E-state index contributed by atoms with van der Waals surface area (Å²) >= 11 is 10.1. The zero-order valence-corrected chi connectivity index (χ0v) is 17.4. The number of nitrogens with one attached hydrogen (secondary N) is 1. The van der Waals surface area contributed by atoms with E-state index < -0.39 is 33.7 Å². The molecule has 1 unspecified atom stereocenters. The van der Waals surface area contributed by atoms with Gasteiger partial charge in [0.1, 0.15) is 0 Å². The Bertz CT molecular complexity index is 922. The molecule has 0 saturated heterocycles. The molecule has 28 heavy (non-hydrogen) atoms. The van der Waals surface area contributed by atoms with E-state index in [0.717, 1.165) is 0 Å². The third-order valence-corrected chi connectivity index (χ3v) is 5.75. The Balaban J connectivity index is 1.98. The number of ether oxygens (including phenoxy) is 2. The first-order valence-corrected chi connectivity index (χ1v) is 10.6. The lowest BCUT2D eigenvalue weighted by Crippen LogP contribution is -2.27. The van der Waals surface area contributed by atoms with Gasteiger partial charge in [0.2, 0.25) is 10.0 Å². The molecular weight excluding hydrogens is 429 g/mol. The zero-order valence-electron chi connectivity index (χ0n) is 14.9. The quantitative estimate of drug-likeness (QED) is 0.455. The van der Waals surface area contributed by atoms with E-state index in [1.807, 2.05) is 0 Å². The summed E-state index contributed by atoms with van der Waals surface area (Å²) in [5.74, 6) is -1.41. The highest BCUT2D eigenvalue weighted by molar-refractivity contribution is 7.89. The molecule has 0 bridgehead atoms.